The van der Waals surface area contributed by atoms with Crippen molar-refractivity contribution in [3.63, 3.8) is 0 Å². The zero-order valence-electron chi connectivity index (χ0n) is 11.8. The Balaban J connectivity index is 1.54. The van der Waals surface area contributed by atoms with E-state index in [9.17, 15) is 4.79 Å². The van der Waals surface area contributed by atoms with Crippen molar-refractivity contribution in [2.75, 3.05) is 13.1 Å². The Hall–Kier alpha value is -1.36. The molecule has 1 saturated heterocycles. The number of rotatable bonds is 4. The van der Waals surface area contributed by atoms with Gasteiger partial charge in [0, 0.05) is 29.9 Å². The highest BCUT2D eigenvalue weighted by atomic mass is 16.2. The van der Waals surface area contributed by atoms with Gasteiger partial charge in [-0.15, -0.1) is 0 Å². The molecule has 3 aliphatic rings. The average Bonchev–Trinajstić information content (AvgIpc) is 2.88. The monoisotopic (exact) mass is 274 g/mol. The number of fused-ring (bicyclic) bond motifs is 1. The minimum Gasteiger partial charge on any atom is -0.333 e. The van der Waals surface area contributed by atoms with Crippen molar-refractivity contribution < 1.29 is 4.79 Å². The zero-order valence-corrected chi connectivity index (χ0v) is 11.8. The number of nitrogens with zero attached hydrogens (tertiary/aromatic N) is 2. The molecule has 20 heavy (non-hydrogen) atoms. The molecule has 1 saturated carbocycles. The summed E-state index contributed by atoms with van der Waals surface area (Å²) in [5.74, 6) is 0.153. The van der Waals surface area contributed by atoms with Crippen molar-refractivity contribution in [1.29, 1.82) is 0 Å². The van der Waals surface area contributed by atoms with Gasteiger partial charge in [0.05, 0.1) is 0 Å². The maximum Gasteiger partial charge on any atom is 0.274 e. The second kappa shape index (κ2) is 4.88. The molecular formula is C15H22N4O. The molecule has 1 atom stereocenters. The van der Waals surface area contributed by atoms with Gasteiger partial charge in [0.15, 0.2) is 5.69 Å². The predicted molar refractivity (Wildman–Crippen MR) is 75.7 cm³/mol. The van der Waals surface area contributed by atoms with Crippen molar-refractivity contribution >= 4 is 5.91 Å². The standard InChI is InChI=1S/C15H22N4O/c20-15(14-12-4-1-5-13(12)17-18-14)19(11-6-7-11)9-10-3-2-8-16-10/h10-11,16H,1-9H2,(H,17,18)/t10-/m1/s1. The summed E-state index contributed by atoms with van der Waals surface area (Å²) < 4.78 is 0. The topological polar surface area (TPSA) is 61.0 Å². The molecule has 2 aliphatic carbocycles. The molecule has 0 unspecified atom stereocenters. The van der Waals surface area contributed by atoms with Gasteiger partial charge < -0.3 is 10.2 Å². The molecule has 108 valence electrons. The number of carbonyl (C=O) groups is 1. The number of nitrogens with one attached hydrogen (secondary N) is 2. The van der Waals surface area contributed by atoms with E-state index in [-0.39, 0.29) is 5.91 Å². The number of aromatic nitrogens is 2. The SMILES string of the molecule is O=C(c1n[nH]c2c1CCC2)N(C[C@H]1CCCN1)C1CC1. The van der Waals surface area contributed by atoms with E-state index in [1.165, 1.54) is 24.1 Å². The number of aryl methyl sites for hydroxylation is 1. The van der Waals surface area contributed by atoms with Crippen molar-refractivity contribution in [3.05, 3.63) is 17.0 Å². The maximum atomic E-state index is 12.9. The van der Waals surface area contributed by atoms with E-state index in [0.717, 1.165) is 45.2 Å². The highest BCUT2D eigenvalue weighted by molar-refractivity contribution is 5.94. The third-order valence-corrected chi connectivity index (χ3v) is 4.84. The van der Waals surface area contributed by atoms with Crippen molar-refractivity contribution in [2.45, 2.75) is 57.0 Å². The quantitative estimate of drug-likeness (QED) is 0.869. The Morgan fingerprint density at radius 1 is 1.25 bits per heavy atom. The van der Waals surface area contributed by atoms with E-state index in [2.05, 4.69) is 20.4 Å². The molecule has 5 heteroatoms. The Kier molecular flexibility index (Phi) is 3.02. The first-order valence-electron chi connectivity index (χ1n) is 7.93. The Morgan fingerprint density at radius 2 is 2.15 bits per heavy atom. The van der Waals surface area contributed by atoms with Crippen molar-refractivity contribution in [3.8, 4) is 0 Å². The molecule has 5 nitrogen and oxygen atoms in total. The number of H-pyrrole nitrogens is 1. The Labute approximate surface area is 119 Å². The lowest BCUT2D eigenvalue weighted by atomic mass is 10.1. The molecule has 1 aromatic heterocycles. The largest absolute Gasteiger partial charge is 0.333 e. The molecule has 0 radical (unpaired) electrons. The van der Waals surface area contributed by atoms with E-state index in [1.807, 2.05) is 0 Å². The van der Waals surface area contributed by atoms with Crippen LogP contribution >= 0.6 is 0 Å². The number of aromatic amines is 1. The smallest absolute Gasteiger partial charge is 0.274 e. The van der Waals surface area contributed by atoms with Crippen LogP contribution in [0.25, 0.3) is 0 Å². The van der Waals surface area contributed by atoms with E-state index in [4.69, 9.17) is 0 Å². The second-order valence-electron chi connectivity index (χ2n) is 6.36. The van der Waals surface area contributed by atoms with Gasteiger partial charge in [0.1, 0.15) is 0 Å². The number of amides is 1. The van der Waals surface area contributed by atoms with Crippen LogP contribution in [0.15, 0.2) is 0 Å². The van der Waals surface area contributed by atoms with Crippen LogP contribution < -0.4 is 5.32 Å². The van der Waals surface area contributed by atoms with Crippen LogP contribution in [0.5, 0.6) is 0 Å². The highest BCUT2D eigenvalue weighted by Gasteiger charge is 2.37. The Morgan fingerprint density at radius 3 is 2.90 bits per heavy atom. The summed E-state index contributed by atoms with van der Waals surface area (Å²) in [6.45, 7) is 1.94. The second-order valence-corrected chi connectivity index (χ2v) is 6.36. The molecule has 2 N–H and O–H groups in total. The van der Waals surface area contributed by atoms with Gasteiger partial charge in [-0.25, -0.2) is 0 Å². The van der Waals surface area contributed by atoms with E-state index < -0.39 is 0 Å². The molecule has 0 spiro atoms. The molecule has 1 aliphatic heterocycles. The summed E-state index contributed by atoms with van der Waals surface area (Å²) in [5, 5.41) is 10.9. The maximum absolute atomic E-state index is 12.9. The minimum absolute atomic E-state index is 0.153. The van der Waals surface area contributed by atoms with Gasteiger partial charge in [-0.3, -0.25) is 9.89 Å². The molecule has 1 amide bonds. The van der Waals surface area contributed by atoms with Gasteiger partial charge in [-0.1, -0.05) is 0 Å². The van der Waals surface area contributed by atoms with Gasteiger partial charge in [0.25, 0.3) is 5.91 Å². The number of hydrogen-bond acceptors (Lipinski definition) is 3. The fraction of sp³-hybridized carbons (Fsp3) is 0.733. The minimum atomic E-state index is 0.153. The third-order valence-electron chi connectivity index (χ3n) is 4.84. The Bertz CT molecular complexity index is 514. The summed E-state index contributed by atoms with van der Waals surface area (Å²) in [7, 11) is 0. The van der Waals surface area contributed by atoms with Gasteiger partial charge in [0.2, 0.25) is 0 Å². The van der Waals surface area contributed by atoms with Crippen molar-refractivity contribution in [2.24, 2.45) is 0 Å². The van der Waals surface area contributed by atoms with E-state index in [0.29, 0.717) is 17.8 Å². The normalized spacial score (nSPS) is 24.9. The first kappa shape index (κ1) is 12.4. The van der Waals surface area contributed by atoms with Gasteiger partial charge in [-0.05, 0) is 51.5 Å². The van der Waals surface area contributed by atoms with E-state index in [1.54, 1.807) is 0 Å². The predicted octanol–water partition coefficient (Wildman–Crippen LogP) is 1.25. The van der Waals surface area contributed by atoms with Crippen molar-refractivity contribution in [1.82, 2.24) is 20.4 Å². The fourth-order valence-corrected chi connectivity index (χ4v) is 3.57. The lowest BCUT2D eigenvalue weighted by Crippen LogP contribution is -2.42. The molecule has 2 heterocycles. The van der Waals surface area contributed by atoms with Gasteiger partial charge >= 0.3 is 0 Å². The molecule has 0 aromatic carbocycles. The lowest BCUT2D eigenvalue weighted by molar-refractivity contribution is 0.0721. The summed E-state index contributed by atoms with van der Waals surface area (Å²) in [5.41, 5.74) is 3.06. The average molecular weight is 274 g/mol. The zero-order chi connectivity index (χ0) is 13.5. The molecule has 4 rings (SSSR count). The first-order chi connectivity index (χ1) is 9.83. The van der Waals surface area contributed by atoms with Crippen LogP contribution in [-0.2, 0) is 12.8 Å². The number of carbonyl (C=O) groups excluding carboxylic acids is 1. The molecule has 1 aromatic rings. The molecule has 2 fully saturated rings. The van der Waals surface area contributed by atoms with Crippen LogP contribution in [0.3, 0.4) is 0 Å². The summed E-state index contributed by atoms with van der Waals surface area (Å²) in [6, 6.07) is 0.935. The summed E-state index contributed by atoms with van der Waals surface area (Å²) in [4.78, 5) is 14.9. The first-order valence-corrected chi connectivity index (χ1v) is 7.93. The van der Waals surface area contributed by atoms with Gasteiger partial charge in [-0.2, -0.15) is 5.10 Å². The van der Waals surface area contributed by atoms with Crippen LogP contribution in [0, 0.1) is 0 Å². The molecular weight excluding hydrogens is 252 g/mol. The van der Waals surface area contributed by atoms with E-state index >= 15 is 0 Å². The van der Waals surface area contributed by atoms with Crippen LogP contribution in [0.2, 0.25) is 0 Å². The van der Waals surface area contributed by atoms with Crippen LogP contribution in [0.1, 0.15) is 53.8 Å². The lowest BCUT2D eigenvalue weighted by Gasteiger charge is -2.25. The van der Waals surface area contributed by atoms with Crippen LogP contribution in [-0.4, -0.2) is 46.2 Å². The highest BCUT2D eigenvalue weighted by Crippen LogP contribution is 2.31. The summed E-state index contributed by atoms with van der Waals surface area (Å²) in [6.07, 6.45) is 7.94. The summed E-state index contributed by atoms with van der Waals surface area (Å²) >= 11 is 0. The fourth-order valence-electron chi connectivity index (χ4n) is 3.57. The van der Waals surface area contributed by atoms with Crippen LogP contribution in [0.4, 0.5) is 0 Å². The third kappa shape index (κ3) is 2.14. The molecule has 0 bridgehead atoms. The number of hydrogen-bond donors (Lipinski definition) is 2.